The quantitative estimate of drug-likeness (QED) is 0.725. The van der Waals surface area contributed by atoms with Crippen LogP contribution in [0.15, 0.2) is 22.8 Å². The highest BCUT2D eigenvalue weighted by Gasteiger charge is 2.13. The van der Waals surface area contributed by atoms with Crippen molar-refractivity contribution in [3.05, 3.63) is 28.6 Å². The topological polar surface area (TPSA) is 72.5 Å². The Labute approximate surface area is 110 Å². The largest absolute Gasteiger partial charge is 0.383 e. The molecular formula is C11H9BrFN5. The summed E-state index contributed by atoms with van der Waals surface area (Å²) in [5.41, 5.74) is 7.86. The zero-order chi connectivity index (χ0) is 12.9. The first-order valence-corrected chi connectivity index (χ1v) is 5.98. The molecule has 1 aromatic carbocycles. The molecule has 5 nitrogen and oxygen atoms in total. The molecule has 0 aliphatic carbocycles. The molecule has 3 N–H and O–H groups in total. The third-order valence-corrected chi connectivity index (χ3v) is 3.37. The summed E-state index contributed by atoms with van der Waals surface area (Å²) in [7, 11) is 1.75. The zero-order valence-electron chi connectivity index (χ0n) is 9.41. The van der Waals surface area contributed by atoms with E-state index in [1.54, 1.807) is 24.0 Å². The van der Waals surface area contributed by atoms with Crippen molar-refractivity contribution in [3.8, 4) is 11.4 Å². The lowest BCUT2D eigenvalue weighted by Gasteiger charge is -1.95. The Hall–Kier alpha value is -1.89. The van der Waals surface area contributed by atoms with Gasteiger partial charge in [-0.05, 0) is 22.0 Å². The smallest absolute Gasteiger partial charge is 0.143 e. The van der Waals surface area contributed by atoms with Gasteiger partial charge in [0.25, 0.3) is 0 Å². The van der Waals surface area contributed by atoms with Crippen LogP contribution in [-0.4, -0.2) is 19.7 Å². The molecule has 0 aliphatic rings. The number of aromatic nitrogens is 4. The molecule has 0 spiro atoms. The molecule has 0 atom stereocenters. The van der Waals surface area contributed by atoms with Crippen molar-refractivity contribution >= 4 is 32.8 Å². The Morgan fingerprint density at radius 1 is 1.44 bits per heavy atom. The number of imidazole rings is 1. The number of nitrogens with zero attached hydrogens (tertiary/aromatic N) is 3. The van der Waals surface area contributed by atoms with Crippen LogP contribution < -0.4 is 5.73 Å². The summed E-state index contributed by atoms with van der Waals surface area (Å²) in [5, 5.41) is 4.05. The normalized spacial score (nSPS) is 11.3. The number of aryl methyl sites for hydroxylation is 1. The third-order valence-electron chi connectivity index (χ3n) is 2.76. The predicted molar refractivity (Wildman–Crippen MR) is 70.4 cm³/mol. The lowest BCUT2D eigenvalue weighted by molar-refractivity contribution is 0.623. The Morgan fingerprint density at radius 3 is 2.89 bits per heavy atom. The zero-order valence-corrected chi connectivity index (χ0v) is 11.0. The molecule has 2 heterocycles. The Bertz CT molecular complexity index is 706. The number of fused-ring (bicyclic) bond motifs is 1. The van der Waals surface area contributed by atoms with Crippen LogP contribution in [0.3, 0.4) is 0 Å². The molecule has 0 saturated carbocycles. The fraction of sp³-hybridized carbons (Fsp3) is 0.0909. The van der Waals surface area contributed by atoms with Gasteiger partial charge in [-0.2, -0.15) is 5.10 Å². The number of nitrogens with one attached hydrogen (secondary N) is 1. The average molecular weight is 310 g/mol. The minimum atomic E-state index is -0.336. The van der Waals surface area contributed by atoms with Crippen molar-refractivity contribution in [2.45, 2.75) is 0 Å². The summed E-state index contributed by atoms with van der Waals surface area (Å²) in [4.78, 5) is 7.40. The van der Waals surface area contributed by atoms with Crippen LogP contribution in [-0.2, 0) is 7.05 Å². The highest BCUT2D eigenvalue weighted by atomic mass is 79.9. The first kappa shape index (κ1) is 11.2. The first-order chi connectivity index (χ1) is 8.56. The number of aromatic amines is 1. The SMILES string of the molecule is Cn1ncc(-c2nc3cc(Br)c(F)cc3[nH]2)c1N. The van der Waals surface area contributed by atoms with E-state index in [4.69, 9.17) is 5.73 Å². The molecule has 18 heavy (non-hydrogen) atoms. The summed E-state index contributed by atoms with van der Waals surface area (Å²) in [6, 6.07) is 3.01. The molecular weight excluding hydrogens is 301 g/mol. The van der Waals surface area contributed by atoms with Crippen molar-refractivity contribution in [2.24, 2.45) is 7.05 Å². The minimum absolute atomic E-state index is 0.336. The van der Waals surface area contributed by atoms with Crippen LogP contribution in [0.25, 0.3) is 22.4 Å². The van der Waals surface area contributed by atoms with E-state index in [2.05, 4.69) is 31.0 Å². The first-order valence-electron chi connectivity index (χ1n) is 5.19. The van der Waals surface area contributed by atoms with Gasteiger partial charge in [0, 0.05) is 13.1 Å². The maximum absolute atomic E-state index is 13.4. The number of hydrogen-bond acceptors (Lipinski definition) is 3. The van der Waals surface area contributed by atoms with E-state index in [0.717, 1.165) is 0 Å². The van der Waals surface area contributed by atoms with Gasteiger partial charge < -0.3 is 10.7 Å². The van der Waals surface area contributed by atoms with Crippen LogP contribution >= 0.6 is 15.9 Å². The summed E-state index contributed by atoms with van der Waals surface area (Å²) < 4.78 is 15.3. The van der Waals surface area contributed by atoms with Crippen molar-refractivity contribution < 1.29 is 4.39 Å². The second-order valence-electron chi connectivity index (χ2n) is 3.94. The minimum Gasteiger partial charge on any atom is -0.383 e. The Kier molecular flexibility index (Phi) is 2.37. The number of halogens is 2. The second kappa shape index (κ2) is 3.81. The maximum atomic E-state index is 13.4. The number of nitrogen functional groups attached to an aromatic ring is 1. The summed E-state index contributed by atoms with van der Waals surface area (Å²) in [6.45, 7) is 0. The van der Waals surface area contributed by atoms with Gasteiger partial charge in [-0.15, -0.1) is 0 Å². The van der Waals surface area contributed by atoms with E-state index in [1.807, 2.05) is 0 Å². The van der Waals surface area contributed by atoms with Gasteiger partial charge in [0.15, 0.2) is 0 Å². The number of anilines is 1. The van der Waals surface area contributed by atoms with Crippen LogP contribution in [0, 0.1) is 5.82 Å². The second-order valence-corrected chi connectivity index (χ2v) is 4.79. The van der Waals surface area contributed by atoms with Gasteiger partial charge in [0.2, 0.25) is 0 Å². The maximum Gasteiger partial charge on any atom is 0.143 e. The predicted octanol–water partition coefficient (Wildman–Crippen LogP) is 2.45. The van der Waals surface area contributed by atoms with E-state index in [1.165, 1.54) is 6.07 Å². The van der Waals surface area contributed by atoms with Crippen molar-refractivity contribution in [1.82, 2.24) is 19.7 Å². The summed E-state index contributed by atoms with van der Waals surface area (Å²) >= 11 is 3.13. The van der Waals surface area contributed by atoms with Gasteiger partial charge in [-0.25, -0.2) is 9.37 Å². The van der Waals surface area contributed by atoms with Gasteiger partial charge in [-0.1, -0.05) is 0 Å². The number of H-pyrrole nitrogens is 1. The monoisotopic (exact) mass is 309 g/mol. The molecule has 0 fully saturated rings. The van der Waals surface area contributed by atoms with E-state index < -0.39 is 0 Å². The summed E-state index contributed by atoms with van der Waals surface area (Å²) in [6.07, 6.45) is 1.62. The molecule has 92 valence electrons. The van der Waals surface area contributed by atoms with E-state index in [0.29, 0.717) is 32.7 Å². The van der Waals surface area contributed by atoms with Crippen LogP contribution in [0.5, 0.6) is 0 Å². The van der Waals surface area contributed by atoms with Crippen LogP contribution in [0.4, 0.5) is 10.2 Å². The molecule has 0 saturated heterocycles. The fourth-order valence-electron chi connectivity index (χ4n) is 1.76. The third kappa shape index (κ3) is 1.59. The fourth-order valence-corrected chi connectivity index (χ4v) is 2.09. The number of rotatable bonds is 1. The standard InChI is InChI=1S/C11H9BrFN5/c1-18-10(14)5(4-15-18)11-16-8-2-6(12)7(13)3-9(8)17-11/h2-4H,14H2,1H3,(H,16,17). The Morgan fingerprint density at radius 2 is 2.22 bits per heavy atom. The van der Waals surface area contributed by atoms with Crippen molar-refractivity contribution in [3.63, 3.8) is 0 Å². The number of nitrogens with two attached hydrogens (primary N) is 1. The van der Waals surface area contributed by atoms with Gasteiger partial charge in [0.05, 0.1) is 27.3 Å². The lowest BCUT2D eigenvalue weighted by atomic mass is 10.3. The molecule has 0 radical (unpaired) electrons. The van der Waals surface area contributed by atoms with E-state index in [9.17, 15) is 4.39 Å². The molecule has 0 bridgehead atoms. The molecule has 3 rings (SSSR count). The van der Waals surface area contributed by atoms with Crippen LogP contribution in [0.1, 0.15) is 0 Å². The van der Waals surface area contributed by atoms with Gasteiger partial charge in [0.1, 0.15) is 17.5 Å². The average Bonchev–Trinajstić information content (AvgIpc) is 2.85. The molecule has 7 heteroatoms. The molecule has 0 unspecified atom stereocenters. The summed E-state index contributed by atoms with van der Waals surface area (Å²) in [5.74, 6) is 0.749. The van der Waals surface area contributed by atoms with Crippen molar-refractivity contribution in [1.29, 1.82) is 0 Å². The van der Waals surface area contributed by atoms with E-state index >= 15 is 0 Å². The van der Waals surface area contributed by atoms with E-state index in [-0.39, 0.29) is 5.82 Å². The van der Waals surface area contributed by atoms with Crippen LogP contribution in [0.2, 0.25) is 0 Å². The molecule has 0 amide bonds. The highest BCUT2D eigenvalue weighted by Crippen LogP contribution is 2.27. The number of hydrogen-bond donors (Lipinski definition) is 2. The highest BCUT2D eigenvalue weighted by molar-refractivity contribution is 9.10. The molecule has 0 aliphatic heterocycles. The molecule has 3 aromatic rings. The van der Waals surface area contributed by atoms with Gasteiger partial charge in [-0.3, -0.25) is 4.68 Å². The van der Waals surface area contributed by atoms with Gasteiger partial charge >= 0.3 is 0 Å². The number of benzene rings is 1. The molecule has 2 aromatic heterocycles. The Balaban J connectivity index is 2.22. The lowest BCUT2D eigenvalue weighted by Crippen LogP contribution is -1.98. The van der Waals surface area contributed by atoms with Crippen molar-refractivity contribution in [2.75, 3.05) is 5.73 Å².